The van der Waals surface area contributed by atoms with Crippen LogP contribution in [0.2, 0.25) is 0 Å². The van der Waals surface area contributed by atoms with E-state index in [0.717, 1.165) is 22.2 Å². The minimum atomic E-state index is 0.708. The maximum atomic E-state index is 5.90. The number of nitrogen functional groups attached to an aromatic ring is 1. The summed E-state index contributed by atoms with van der Waals surface area (Å²) in [5.74, 6) is 0.752. The summed E-state index contributed by atoms with van der Waals surface area (Å²) in [4.78, 5) is 8.46. The molecule has 0 aliphatic heterocycles. The van der Waals surface area contributed by atoms with Crippen LogP contribution in [0.1, 0.15) is 5.56 Å². The van der Waals surface area contributed by atoms with Crippen molar-refractivity contribution >= 4 is 29.0 Å². The van der Waals surface area contributed by atoms with Crippen LogP contribution < -0.4 is 11.1 Å². The Hall–Kier alpha value is -1.75. The second-order valence-corrected chi connectivity index (χ2v) is 4.42. The molecule has 17 heavy (non-hydrogen) atoms. The number of rotatable bonds is 3. The van der Waals surface area contributed by atoms with Crippen LogP contribution in [0.15, 0.2) is 35.6 Å². The molecule has 0 aliphatic carbocycles. The van der Waals surface area contributed by atoms with Crippen molar-refractivity contribution in [1.29, 1.82) is 0 Å². The average molecular weight is 246 g/mol. The van der Waals surface area contributed by atoms with Gasteiger partial charge in [0, 0.05) is 6.20 Å². The molecule has 88 valence electrons. The Labute approximate surface area is 105 Å². The van der Waals surface area contributed by atoms with Crippen molar-refractivity contribution in [3.63, 3.8) is 0 Å². The van der Waals surface area contributed by atoms with E-state index in [2.05, 4.69) is 15.3 Å². The highest BCUT2D eigenvalue weighted by molar-refractivity contribution is 7.98. The summed E-state index contributed by atoms with van der Waals surface area (Å²) in [5, 5.41) is 3.94. The Morgan fingerprint density at radius 2 is 2.12 bits per heavy atom. The van der Waals surface area contributed by atoms with Crippen molar-refractivity contribution in [3.05, 3.63) is 36.0 Å². The lowest BCUT2D eigenvalue weighted by atomic mass is 10.2. The maximum Gasteiger partial charge on any atom is 0.189 e. The van der Waals surface area contributed by atoms with E-state index in [0.29, 0.717) is 5.69 Å². The molecule has 0 bridgehead atoms. The highest BCUT2D eigenvalue weighted by Crippen LogP contribution is 2.23. The first-order valence-corrected chi connectivity index (χ1v) is 6.41. The third-order valence-electron chi connectivity index (χ3n) is 2.29. The zero-order valence-electron chi connectivity index (χ0n) is 9.77. The topological polar surface area (TPSA) is 63.8 Å². The Morgan fingerprint density at radius 3 is 2.88 bits per heavy atom. The predicted molar refractivity (Wildman–Crippen MR) is 72.7 cm³/mol. The molecule has 2 aromatic rings. The average Bonchev–Trinajstić information content (AvgIpc) is 2.34. The van der Waals surface area contributed by atoms with Gasteiger partial charge in [-0.15, -0.1) is 0 Å². The van der Waals surface area contributed by atoms with Crippen molar-refractivity contribution in [2.24, 2.45) is 0 Å². The molecule has 0 saturated heterocycles. The van der Waals surface area contributed by atoms with Crippen molar-refractivity contribution in [2.45, 2.75) is 12.1 Å². The van der Waals surface area contributed by atoms with Crippen LogP contribution in [-0.4, -0.2) is 16.2 Å². The number of hydrogen-bond acceptors (Lipinski definition) is 5. The molecular formula is C12H14N4S. The standard InChI is InChI=1S/C12H14N4S/c1-8-3-4-9(13)10(7-8)15-11-5-6-14-12(16-11)17-2/h3-7H,13H2,1-2H3,(H,14,15,16). The lowest BCUT2D eigenvalue weighted by Gasteiger charge is -2.09. The van der Waals surface area contributed by atoms with Crippen LogP contribution in [0.5, 0.6) is 0 Å². The van der Waals surface area contributed by atoms with Crippen molar-refractivity contribution in [1.82, 2.24) is 9.97 Å². The van der Waals surface area contributed by atoms with Crippen LogP contribution in [0, 0.1) is 6.92 Å². The number of hydrogen-bond donors (Lipinski definition) is 2. The van der Waals surface area contributed by atoms with Crippen molar-refractivity contribution in [2.75, 3.05) is 17.3 Å². The molecule has 0 radical (unpaired) electrons. The minimum absolute atomic E-state index is 0.708. The first-order chi connectivity index (χ1) is 8.19. The molecule has 0 spiro atoms. The quantitative estimate of drug-likeness (QED) is 0.495. The Balaban J connectivity index is 2.27. The zero-order valence-corrected chi connectivity index (χ0v) is 10.6. The van der Waals surface area contributed by atoms with Crippen molar-refractivity contribution < 1.29 is 0 Å². The second kappa shape index (κ2) is 5.05. The number of thioether (sulfide) groups is 1. The molecule has 0 saturated carbocycles. The first kappa shape index (κ1) is 11.7. The number of benzene rings is 1. The number of nitrogens with one attached hydrogen (secondary N) is 1. The van der Waals surface area contributed by atoms with E-state index in [1.807, 2.05) is 37.4 Å². The molecule has 0 fully saturated rings. The van der Waals surface area contributed by atoms with Crippen LogP contribution in [0.4, 0.5) is 17.2 Å². The SMILES string of the molecule is CSc1nccc(Nc2cc(C)ccc2N)n1. The predicted octanol–water partition coefficient (Wildman–Crippen LogP) is 2.83. The molecule has 2 rings (SSSR count). The van der Waals surface area contributed by atoms with E-state index in [-0.39, 0.29) is 0 Å². The van der Waals surface area contributed by atoms with Gasteiger partial charge in [0.05, 0.1) is 11.4 Å². The van der Waals surface area contributed by atoms with E-state index < -0.39 is 0 Å². The number of aromatic nitrogens is 2. The van der Waals surface area contributed by atoms with Crippen LogP contribution in [0.3, 0.4) is 0 Å². The molecule has 1 heterocycles. The lowest BCUT2D eigenvalue weighted by molar-refractivity contribution is 0.975. The van der Waals surface area contributed by atoms with Gasteiger partial charge in [0.15, 0.2) is 5.16 Å². The Bertz CT molecular complexity index is 528. The van der Waals surface area contributed by atoms with Gasteiger partial charge in [0.25, 0.3) is 0 Å². The number of anilines is 3. The van der Waals surface area contributed by atoms with Crippen LogP contribution in [-0.2, 0) is 0 Å². The van der Waals surface area contributed by atoms with Gasteiger partial charge in [-0.05, 0) is 36.9 Å². The molecule has 0 atom stereocenters. The van der Waals surface area contributed by atoms with Gasteiger partial charge in [-0.3, -0.25) is 0 Å². The molecule has 4 nitrogen and oxygen atoms in total. The van der Waals surface area contributed by atoms with Gasteiger partial charge in [-0.2, -0.15) is 0 Å². The summed E-state index contributed by atoms with van der Waals surface area (Å²) in [6.07, 6.45) is 3.67. The fourth-order valence-electron chi connectivity index (χ4n) is 1.43. The van der Waals surface area contributed by atoms with Gasteiger partial charge in [0.2, 0.25) is 0 Å². The van der Waals surface area contributed by atoms with Gasteiger partial charge in [0.1, 0.15) is 5.82 Å². The molecule has 0 aliphatic rings. The van der Waals surface area contributed by atoms with Gasteiger partial charge >= 0.3 is 0 Å². The number of nitrogens with zero attached hydrogens (tertiary/aromatic N) is 2. The maximum absolute atomic E-state index is 5.90. The van der Waals surface area contributed by atoms with E-state index >= 15 is 0 Å². The van der Waals surface area contributed by atoms with Gasteiger partial charge < -0.3 is 11.1 Å². The summed E-state index contributed by atoms with van der Waals surface area (Å²) in [5.41, 5.74) is 8.63. The summed E-state index contributed by atoms with van der Waals surface area (Å²) in [6.45, 7) is 2.03. The van der Waals surface area contributed by atoms with Crippen LogP contribution >= 0.6 is 11.8 Å². The van der Waals surface area contributed by atoms with Crippen molar-refractivity contribution in [3.8, 4) is 0 Å². The van der Waals surface area contributed by atoms with E-state index in [1.165, 1.54) is 11.8 Å². The number of nitrogens with two attached hydrogens (primary N) is 1. The van der Waals surface area contributed by atoms with E-state index in [4.69, 9.17) is 5.73 Å². The fourth-order valence-corrected chi connectivity index (χ4v) is 1.78. The number of aryl methyl sites for hydroxylation is 1. The molecule has 0 amide bonds. The zero-order chi connectivity index (χ0) is 12.3. The lowest BCUT2D eigenvalue weighted by Crippen LogP contribution is -1.99. The smallest absolute Gasteiger partial charge is 0.189 e. The summed E-state index contributed by atoms with van der Waals surface area (Å²) in [6, 6.07) is 7.68. The Kier molecular flexibility index (Phi) is 3.49. The largest absolute Gasteiger partial charge is 0.397 e. The second-order valence-electron chi connectivity index (χ2n) is 3.64. The van der Waals surface area contributed by atoms with E-state index in [1.54, 1.807) is 6.20 Å². The molecule has 3 N–H and O–H groups in total. The normalized spacial score (nSPS) is 10.2. The summed E-state index contributed by atoms with van der Waals surface area (Å²) >= 11 is 1.51. The monoisotopic (exact) mass is 246 g/mol. The molecule has 0 unspecified atom stereocenters. The molecule has 1 aromatic heterocycles. The first-order valence-electron chi connectivity index (χ1n) is 5.19. The highest BCUT2D eigenvalue weighted by Gasteiger charge is 2.02. The fraction of sp³-hybridized carbons (Fsp3) is 0.167. The third kappa shape index (κ3) is 2.88. The van der Waals surface area contributed by atoms with E-state index in [9.17, 15) is 0 Å². The summed E-state index contributed by atoms with van der Waals surface area (Å²) in [7, 11) is 0. The Morgan fingerprint density at radius 1 is 1.29 bits per heavy atom. The molecule has 1 aromatic carbocycles. The molecular weight excluding hydrogens is 232 g/mol. The van der Waals surface area contributed by atoms with Crippen LogP contribution in [0.25, 0.3) is 0 Å². The summed E-state index contributed by atoms with van der Waals surface area (Å²) < 4.78 is 0. The third-order valence-corrected chi connectivity index (χ3v) is 2.85. The van der Waals surface area contributed by atoms with Gasteiger partial charge in [-0.25, -0.2) is 9.97 Å². The highest BCUT2D eigenvalue weighted by atomic mass is 32.2. The minimum Gasteiger partial charge on any atom is -0.397 e. The molecule has 5 heteroatoms. The van der Waals surface area contributed by atoms with Gasteiger partial charge in [-0.1, -0.05) is 17.8 Å².